The maximum absolute atomic E-state index is 11.8. The van der Waals surface area contributed by atoms with Crippen molar-refractivity contribution in [3.8, 4) is 6.07 Å². The van der Waals surface area contributed by atoms with Gasteiger partial charge in [0.05, 0.1) is 11.3 Å². The zero-order valence-corrected chi connectivity index (χ0v) is 10.3. The number of nitrogens with one attached hydrogen (secondary N) is 1. The molecule has 2 rings (SSSR count). The van der Waals surface area contributed by atoms with Crippen LogP contribution in [0.3, 0.4) is 0 Å². The van der Waals surface area contributed by atoms with E-state index in [9.17, 15) is 4.79 Å². The van der Waals surface area contributed by atoms with Crippen molar-refractivity contribution in [1.82, 2.24) is 14.8 Å². The van der Waals surface area contributed by atoms with Crippen LogP contribution in [-0.2, 0) is 11.3 Å². The lowest BCUT2D eigenvalue weighted by Gasteiger charge is -2.08. The lowest BCUT2D eigenvalue weighted by molar-refractivity contribution is -0.116. The number of aromatic nitrogens is 3. The van der Waals surface area contributed by atoms with Crippen LogP contribution in [0.2, 0.25) is 0 Å². The number of carbonyl (C=O) groups is 1. The molecule has 96 valence electrons. The van der Waals surface area contributed by atoms with Gasteiger partial charge in [0.15, 0.2) is 0 Å². The summed E-state index contributed by atoms with van der Waals surface area (Å²) in [4.78, 5) is 15.5. The second kappa shape index (κ2) is 5.18. The number of nitrogen functional groups attached to an aromatic ring is 1. The van der Waals surface area contributed by atoms with Gasteiger partial charge in [-0.2, -0.15) is 5.26 Å². The third kappa shape index (κ3) is 2.87. The molecule has 0 radical (unpaired) electrons. The Hall–Kier alpha value is -2.88. The van der Waals surface area contributed by atoms with Crippen LogP contribution in [-0.4, -0.2) is 20.7 Å². The van der Waals surface area contributed by atoms with E-state index in [1.165, 1.54) is 11.0 Å². The maximum atomic E-state index is 11.8. The fourth-order valence-corrected chi connectivity index (χ4v) is 1.64. The van der Waals surface area contributed by atoms with Crippen LogP contribution in [0.4, 0.5) is 11.6 Å². The van der Waals surface area contributed by atoms with Gasteiger partial charge in [0.1, 0.15) is 18.9 Å². The van der Waals surface area contributed by atoms with Crippen LogP contribution in [0.25, 0.3) is 0 Å². The summed E-state index contributed by atoms with van der Waals surface area (Å²) in [5.74, 6) is -0.187. The summed E-state index contributed by atoms with van der Waals surface area (Å²) in [6.07, 6.45) is 1.37. The Bertz CT molecular complexity index is 654. The fraction of sp³-hybridized carbons (Fsp3) is 0.167. The normalized spacial score (nSPS) is 9.89. The maximum Gasteiger partial charge on any atom is 0.246 e. The number of nitrogens with two attached hydrogens (primary N) is 1. The summed E-state index contributed by atoms with van der Waals surface area (Å²) in [6, 6.07) is 7.34. The first-order valence-corrected chi connectivity index (χ1v) is 5.54. The van der Waals surface area contributed by atoms with Crippen molar-refractivity contribution in [3.05, 3.63) is 35.7 Å². The summed E-state index contributed by atoms with van der Waals surface area (Å²) in [5.41, 5.74) is 7.10. The van der Waals surface area contributed by atoms with E-state index in [-0.39, 0.29) is 18.4 Å². The van der Waals surface area contributed by atoms with Gasteiger partial charge in [-0.05, 0) is 18.6 Å². The van der Waals surface area contributed by atoms with Gasteiger partial charge in [-0.15, -0.1) is 5.10 Å². The zero-order chi connectivity index (χ0) is 13.8. The van der Waals surface area contributed by atoms with E-state index in [4.69, 9.17) is 11.0 Å². The predicted octanol–water partition coefficient (Wildman–Crippen LogP) is 0.679. The highest BCUT2D eigenvalue weighted by Crippen LogP contribution is 2.18. The Balaban J connectivity index is 2.11. The van der Waals surface area contributed by atoms with Gasteiger partial charge in [0.2, 0.25) is 11.9 Å². The molecular formula is C12H12N6O. The highest BCUT2D eigenvalue weighted by molar-refractivity contribution is 5.92. The molecule has 1 aromatic heterocycles. The highest BCUT2D eigenvalue weighted by atomic mass is 16.2. The molecule has 0 spiro atoms. The van der Waals surface area contributed by atoms with E-state index in [0.717, 1.165) is 5.56 Å². The average Bonchev–Trinajstić information content (AvgIpc) is 2.75. The second-order valence-electron chi connectivity index (χ2n) is 3.96. The van der Waals surface area contributed by atoms with E-state index in [1.807, 2.05) is 13.0 Å². The molecule has 0 aliphatic heterocycles. The Morgan fingerprint density at radius 1 is 1.58 bits per heavy atom. The number of benzene rings is 1. The van der Waals surface area contributed by atoms with Crippen LogP contribution in [0, 0.1) is 18.3 Å². The SMILES string of the molecule is Cc1cccc(NC(=O)Cn2cnc(N)n2)c1C#N. The monoisotopic (exact) mass is 256 g/mol. The van der Waals surface area contributed by atoms with E-state index in [1.54, 1.807) is 12.1 Å². The first-order chi connectivity index (χ1) is 9.10. The van der Waals surface area contributed by atoms with E-state index in [0.29, 0.717) is 11.3 Å². The van der Waals surface area contributed by atoms with Gasteiger partial charge in [-0.3, -0.25) is 4.79 Å². The number of carbonyl (C=O) groups excluding carboxylic acids is 1. The lowest BCUT2D eigenvalue weighted by atomic mass is 10.1. The van der Waals surface area contributed by atoms with Gasteiger partial charge in [0, 0.05) is 0 Å². The molecule has 0 aliphatic rings. The van der Waals surface area contributed by atoms with Crippen LogP contribution in [0.5, 0.6) is 0 Å². The molecule has 7 nitrogen and oxygen atoms in total. The highest BCUT2D eigenvalue weighted by Gasteiger charge is 2.09. The molecule has 1 amide bonds. The minimum atomic E-state index is -0.299. The molecule has 1 aromatic carbocycles. The molecule has 0 saturated heterocycles. The third-order valence-corrected chi connectivity index (χ3v) is 2.52. The van der Waals surface area contributed by atoms with E-state index >= 15 is 0 Å². The molecule has 0 fully saturated rings. The topological polar surface area (TPSA) is 110 Å². The Kier molecular flexibility index (Phi) is 3.43. The number of nitriles is 1. The molecule has 7 heteroatoms. The quantitative estimate of drug-likeness (QED) is 0.839. The van der Waals surface area contributed by atoms with Crippen molar-refractivity contribution >= 4 is 17.5 Å². The van der Waals surface area contributed by atoms with Crippen molar-refractivity contribution in [1.29, 1.82) is 5.26 Å². The van der Waals surface area contributed by atoms with E-state index in [2.05, 4.69) is 21.5 Å². The van der Waals surface area contributed by atoms with E-state index < -0.39 is 0 Å². The third-order valence-electron chi connectivity index (χ3n) is 2.52. The van der Waals surface area contributed by atoms with Crippen molar-refractivity contribution < 1.29 is 4.79 Å². The molecular weight excluding hydrogens is 244 g/mol. The number of amides is 1. The number of nitrogens with zero attached hydrogens (tertiary/aromatic N) is 4. The largest absolute Gasteiger partial charge is 0.367 e. The van der Waals surface area contributed by atoms with Gasteiger partial charge in [0.25, 0.3) is 0 Å². The molecule has 3 N–H and O–H groups in total. The van der Waals surface area contributed by atoms with Crippen molar-refractivity contribution in [3.63, 3.8) is 0 Å². The van der Waals surface area contributed by atoms with Crippen LogP contribution in [0.15, 0.2) is 24.5 Å². The molecule has 0 bridgehead atoms. The summed E-state index contributed by atoms with van der Waals surface area (Å²) in [7, 11) is 0. The van der Waals surface area contributed by atoms with Crippen LogP contribution < -0.4 is 11.1 Å². The van der Waals surface area contributed by atoms with Crippen molar-refractivity contribution in [2.75, 3.05) is 11.1 Å². The second-order valence-corrected chi connectivity index (χ2v) is 3.96. The molecule has 19 heavy (non-hydrogen) atoms. The summed E-state index contributed by atoms with van der Waals surface area (Å²) in [6.45, 7) is 1.80. The van der Waals surface area contributed by atoms with Crippen molar-refractivity contribution in [2.45, 2.75) is 13.5 Å². The Labute approximate surface area is 109 Å². The fourth-order valence-electron chi connectivity index (χ4n) is 1.64. The minimum Gasteiger partial charge on any atom is -0.367 e. The number of hydrogen-bond acceptors (Lipinski definition) is 5. The average molecular weight is 256 g/mol. The molecule has 0 unspecified atom stereocenters. The Morgan fingerprint density at radius 2 is 2.37 bits per heavy atom. The number of rotatable bonds is 3. The minimum absolute atomic E-state index is 0.0109. The lowest BCUT2D eigenvalue weighted by Crippen LogP contribution is -2.19. The number of anilines is 2. The summed E-state index contributed by atoms with van der Waals surface area (Å²) in [5, 5.41) is 15.5. The first-order valence-electron chi connectivity index (χ1n) is 5.54. The van der Waals surface area contributed by atoms with Crippen molar-refractivity contribution in [2.24, 2.45) is 0 Å². The zero-order valence-electron chi connectivity index (χ0n) is 10.3. The number of aryl methyl sites for hydroxylation is 1. The van der Waals surface area contributed by atoms with Gasteiger partial charge in [-0.1, -0.05) is 12.1 Å². The van der Waals surface area contributed by atoms with Crippen LogP contribution >= 0.6 is 0 Å². The summed E-state index contributed by atoms with van der Waals surface area (Å²) >= 11 is 0. The van der Waals surface area contributed by atoms with Gasteiger partial charge >= 0.3 is 0 Å². The number of hydrogen-bond donors (Lipinski definition) is 2. The molecule has 0 atom stereocenters. The smallest absolute Gasteiger partial charge is 0.246 e. The first kappa shape index (κ1) is 12.6. The van der Waals surface area contributed by atoms with Gasteiger partial charge < -0.3 is 11.1 Å². The summed E-state index contributed by atoms with van der Waals surface area (Å²) < 4.78 is 1.33. The molecule has 0 saturated carbocycles. The predicted molar refractivity (Wildman–Crippen MR) is 69.0 cm³/mol. The Morgan fingerprint density at radius 3 is 3.00 bits per heavy atom. The van der Waals surface area contributed by atoms with Crippen LogP contribution in [0.1, 0.15) is 11.1 Å². The molecule has 0 aliphatic carbocycles. The standard InChI is InChI=1S/C12H12N6O/c1-8-3-2-4-10(9(8)5-13)16-11(19)6-18-7-15-12(14)17-18/h2-4,7H,6H2,1H3,(H2,14,17)(H,16,19). The molecule has 1 heterocycles. The molecule has 2 aromatic rings. The van der Waals surface area contributed by atoms with Gasteiger partial charge in [-0.25, -0.2) is 9.67 Å².